The Hall–Kier alpha value is -4.21. The van der Waals surface area contributed by atoms with E-state index >= 15 is 0 Å². The molecule has 0 radical (unpaired) electrons. The molecule has 3 heterocycles. The molecule has 2 nitrogen and oxygen atoms in total. The molecule has 3 aliphatic rings. The number of hydrogen-bond acceptors (Lipinski definition) is 3. The van der Waals surface area contributed by atoms with Crippen molar-refractivity contribution in [2.45, 2.75) is 24.8 Å². The zero-order valence-electron chi connectivity index (χ0n) is 20.9. The zero-order valence-corrected chi connectivity index (χ0v) is 21.7. The number of fused-ring (bicyclic) bond motifs is 7. The minimum Gasteiger partial charge on any atom is -0.318 e. The van der Waals surface area contributed by atoms with Gasteiger partial charge in [0.25, 0.3) is 0 Å². The highest BCUT2D eigenvalue weighted by Gasteiger charge is 2.39. The van der Waals surface area contributed by atoms with Gasteiger partial charge in [-0.2, -0.15) is 0 Å². The maximum absolute atomic E-state index is 5.49. The van der Waals surface area contributed by atoms with Gasteiger partial charge in [-0.15, -0.1) is 11.3 Å². The fraction of sp³-hybridized carbons (Fsp3) is 0.114. The summed E-state index contributed by atoms with van der Waals surface area (Å²) in [7, 11) is 0. The third kappa shape index (κ3) is 3.35. The molecule has 2 atom stereocenters. The Labute approximate surface area is 226 Å². The molecule has 0 fully saturated rings. The second-order valence-corrected chi connectivity index (χ2v) is 11.3. The number of aliphatic imine (C=N–C) groups is 1. The van der Waals surface area contributed by atoms with Crippen molar-refractivity contribution < 1.29 is 0 Å². The Balaban J connectivity index is 1.35. The van der Waals surface area contributed by atoms with Gasteiger partial charge in [-0.25, -0.2) is 4.99 Å². The molecule has 1 unspecified atom stereocenters. The summed E-state index contributed by atoms with van der Waals surface area (Å²) in [6.07, 6.45) is 9.33. The van der Waals surface area contributed by atoms with Crippen molar-refractivity contribution >= 4 is 45.0 Å². The number of benzene rings is 4. The summed E-state index contributed by atoms with van der Waals surface area (Å²) in [6.45, 7) is 0. The third-order valence-electron chi connectivity index (χ3n) is 8.09. The lowest BCUT2D eigenvalue weighted by molar-refractivity contribution is 0.766. The number of allylic oxidation sites excluding steroid dienone is 1. The highest BCUT2D eigenvalue weighted by atomic mass is 32.1. The van der Waals surface area contributed by atoms with Gasteiger partial charge in [0.1, 0.15) is 5.82 Å². The smallest absolute Gasteiger partial charge is 0.130 e. The highest BCUT2D eigenvalue weighted by Crippen LogP contribution is 2.46. The van der Waals surface area contributed by atoms with Crippen molar-refractivity contribution in [1.29, 1.82) is 0 Å². The molecule has 2 aliphatic heterocycles. The van der Waals surface area contributed by atoms with Gasteiger partial charge < -0.3 is 4.90 Å². The maximum Gasteiger partial charge on any atom is 0.130 e. The summed E-state index contributed by atoms with van der Waals surface area (Å²) in [5, 5.41) is 2.75. The van der Waals surface area contributed by atoms with Crippen molar-refractivity contribution in [1.82, 2.24) is 0 Å². The van der Waals surface area contributed by atoms with E-state index in [1.807, 2.05) is 11.3 Å². The van der Waals surface area contributed by atoms with Crippen LogP contribution in [-0.4, -0.2) is 11.8 Å². The predicted octanol–water partition coefficient (Wildman–Crippen LogP) is 6.77. The number of para-hydroxylation sites is 1. The van der Waals surface area contributed by atoms with E-state index in [9.17, 15) is 0 Å². The predicted molar refractivity (Wildman–Crippen MR) is 160 cm³/mol. The summed E-state index contributed by atoms with van der Waals surface area (Å²) in [4.78, 5) is 7.99. The van der Waals surface area contributed by atoms with E-state index in [0.717, 1.165) is 29.9 Å². The van der Waals surface area contributed by atoms with Gasteiger partial charge in [0.2, 0.25) is 0 Å². The first-order valence-corrected chi connectivity index (χ1v) is 14.2. The molecule has 0 saturated carbocycles. The summed E-state index contributed by atoms with van der Waals surface area (Å²) >= 11 is 1.90. The molecular formula is C35H26N2S. The van der Waals surface area contributed by atoms with Gasteiger partial charge in [0, 0.05) is 32.0 Å². The van der Waals surface area contributed by atoms with Gasteiger partial charge in [-0.05, 0) is 58.9 Å². The Bertz CT molecular complexity index is 1890. The van der Waals surface area contributed by atoms with Crippen molar-refractivity contribution in [3.8, 4) is 0 Å². The monoisotopic (exact) mass is 506 g/mol. The second kappa shape index (κ2) is 8.68. The van der Waals surface area contributed by atoms with E-state index in [-0.39, 0.29) is 6.04 Å². The van der Waals surface area contributed by atoms with Gasteiger partial charge in [-0.1, -0.05) is 97.1 Å². The maximum atomic E-state index is 5.49. The van der Waals surface area contributed by atoms with Crippen LogP contribution in [0.1, 0.15) is 34.6 Å². The highest BCUT2D eigenvalue weighted by molar-refractivity contribution is 7.17. The van der Waals surface area contributed by atoms with E-state index in [1.165, 1.54) is 42.2 Å². The lowest BCUT2D eigenvalue weighted by atomic mass is 9.90. The molecule has 1 aromatic heterocycles. The number of anilines is 1. The Morgan fingerprint density at radius 3 is 2.50 bits per heavy atom. The largest absolute Gasteiger partial charge is 0.318 e. The number of aryl methyl sites for hydroxylation is 1. The Kier molecular flexibility index (Phi) is 4.99. The molecule has 0 spiro atoms. The van der Waals surface area contributed by atoms with E-state index in [4.69, 9.17) is 4.99 Å². The Morgan fingerprint density at radius 1 is 0.763 bits per heavy atom. The van der Waals surface area contributed by atoms with Gasteiger partial charge >= 0.3 is 0 Å². The minimum absolute atomic E-state index is 0.203. The number of nitrogens with zero attached hydrogens (tertiary/aromatic N) is 2. The molecular weight excluding hydrogens is 480 g/mol. The molecule has 0 saturated heterocycles. The molecule has 4 aromatic carbocycles. The third-order valence-corrected chi connectivity index (χ3v) is 9.24. The average molecular weight is 507 g/mol. The van der Waals surface area contributed by atoms with Crippen LogP contribution < -0.4 is 14.7 Å². The topological polar surface area (TPSA) is 15.6 Å². The molecule has 1 aliphatic carbocycles. The summed E-state index contributed by atoms with van der Waals surface area (Å²) in [5.74, 6) is 1.35. The van der Waals surface area contributed by atoms with Crippen LogP contribution in [0.2, 0.25) is 0 Å². The molecule has 5 aromatic rings. The van der Waals surface area contributed by atoms with E-state index in [2.05, 4.69) is 126 Å². The van der Waals surface area contributed by atoms with Crippen molar-refractivity contribution in [2.75, 3.05) is 4.90 Å². The van der Waals surface area contributed by atoms with E-state index in [0.29, 0.717) is 5.92 Å². The Morgan fingerprint density at radius 2 is 1.55 bits per heavy atom. The van der Waals surface area contributed by atoms with Crippen molar-refractivity contribution in [3.05, 3.63) is 147 Å². The fourth-order valence-corrected chi connectivity index (χ4v) is 7.53. The average Bonchev–Trinajstić information content (AvgIpc) is 3.48. The first-order chi connectivity index (χ1) is 18.8. The number of thiophene rings is 1. The lowest BCUT2D eigenvalue weighted by Gasteiger charge is -2.30. The SMILES string of the molecule is C1=c2sc3ccccc3c2=CC2c3ccccc3N(C3=C/CCc4ccccc4/C(c4ccccc4)=N\3)[C@@H]12. The molecule has 38 heavy (non-hydrogen) atoms. The van der Waals surface area contributed by atoms with Crippen LogP contribution in [0.3, 0.4) is 0 Å². The molecule has 0 amide bonds. The lowest BCUT2D eigenvalue weighted by Crippen LogP contribution is -2.38. The minimum atomic E-state index is 0.203. The van der Waals surface area contributed by atoms with Gasteiger partial charge in [-0.3, -0.25) is 0 Å². The van der Waals surface area contributed by atoms with Gasteiger partial charge in [0.05, 0.1) is 11.8 Å². The van der Waals surface area contributed by atoms with Crippen LogP contribution in [0.25, 0.3) is 22.2 Å². The fourth-order valence-electron chi connectivity index (χ4n) is 6.37. The van der Waals surface area contributed by atoms with Crippen LogP contribution in [0, 0.1) is 0 Å². The van der Waals surface area contributed by atoms with E-state index in [1.54, 1.807) is 0 Å². The van der Waals surface area contributed by atoms with Crippen molar-refractivity contribution in [3.63, 3.8) is 0 Å². The molecule has 8 rings (SSSR count). The quantitative estimate of drug-likeness (QED) is 0.258. The normalized spacial score (nSPS) is 22.3. The number of hydrogen-bond donors (Lipinski definition) is 0. The van der Waals surface area contributed by atoms with Crippen LogP contribution >= 0.6 is 11.3 Å². The summed E-state index contributed by atoms with van der Waals surface area (Å²) in [5.41, 5.74) is 7.45. The second-order valence-electron chi connectivity index (χ2n) is 10.2. The number of rotatable bonds is 2. The first-order valence-electron chi connectivity index (χ1n) is 13.4. The van der Waals surface area contributed by atoms with Crippen LogP contribution in [0.4, 0.5) is 5.69 Å². The molecule has 182 valence electrons. The van der Waals surface area contributed by atoms with Crippen molar-refractivity contribution in [2.24, 2.45) is 4.99 Å². The van der Waals surface area contributed by atoms with Crippen LogP contribution in [0.5, 0.6) is 0 Å². The zero-order chi connectivity index (χ0) is 25.1. The van der Waals surface area contributed by atoms with E-state index < -0.39 is 0 Å². The van der Waals surface area contributed by atoms with Crippen LogP contribution in [-0.2, 0) is 6.42 Å². The standard InChI is InChI=1S/C35H26N2S/c1-2-12-24(13-3-1)35-25-15-5-4-11-23(25)14-10-20-34(36-35)37-30-18-8-6-16-26(30)28-21-29-27-17-7-9-19-32(27)38-33(29)22-31(28)37/h1-9,11-13,15-22,28,31H,10,14H2/b34-20+,36-35-/t28?,31-/m0/s1. The summed E-state index contributed by atoms with van der Waals surface area (Å²) < 4.78 is 2.73. The molecule has 3 heteroatoms. The van der Waals surface area contributed by atoms with Gasteiger partial charge in [0.15, 0.2) is 0 Å². The summed E-state index contributed by atoms with van der Waals surface area (Å²) in [6, 6.07) is 37.3. The molecule has 0 N–H and O–H groups in total. The first kappa shape index (κ1) is 21.8. The van der Waals surface area contributed by atoms with Crippen LogP contribution in [0.15, 0.2) is 120 Å². The molecule has 0 bridgehead atoms.